The molecule has 0 radical (unpaired) electrons. The molecule has 0 unspecified atom stereocenters. The second-order valence-electron chi connectivity index (χ2n) is 7.30. The maximum atomic E-state index is 12.9. The smallest absolute Gasteiger partial charge is 0.381 e. The van der Waals surface area contributed by atoms with E-state index in [0.717, 1.165) is 17.7 Å². The van der Waals surface area contributed by atoms with Gasteiger partial charge >= 0.3 is 6.18 Å². The first-order valence-corrected chi connectivity index (χ1v) is 9.82. The maximum Gasteiger partial charge on any atom is 0.416 e. The summed E-state index contributed by atoms with van der Waals surface area (Å²) in [5.74, 6) is -0.296. The molecule has 0 aliphatic heterocycles. The summed E-state index contributed by atoms with van der Waals surface area (Å²) in [4.78, 5) is 21.2. The fourth-order valence-electron chi connectivity index (χ4n) is 3.23. The van der Waals surface area contributed by atoms with E-state index in [-0.39, 0.29) is 12.5 Å². The molecule has 0 saturated carbocycles. The number of anilines is 2. The largest absolute Gasteiger partial charge is 0.416 e. The van der Waals surface area contributed by atoms with Crippen molar-refractivity contribution in [3.63, 3.8) is 0 Å². The molecule has 0 aliphatic rings. The fraction of sp³-hybridized carbons (Fsp3) is 0.125. The Bertz CT molecular complexity index is 1290. The lowest BCUT2D eigenvalue weighted by Crippen LogP contribution is -2.13. The van der Waals surface area contributed by atoms with Gasteiger partial charge in [-0.1, -0.05) is 18.2 Å². The van der Waals surface area contributed by atoms with Crippen LogP contribution in [0.15, 0.2) is 73.1 Å². The fourth-order valence-corrected chi connectivity index (χ4v) is 3.23. The number of aryl methyl sites for hydroxylation is 1. The number of alkyl halides is 3. The number of hydrogen-bond donors (Lipinski definition) is 2. The van der Waals surface area contributed by atoms with Crippen molar-refractivity contribution in [3.05, 3.63) is 95.3 Å². The molecule has 0 aliphatic carbocycles. The van der Waals surface area contributed by atoms with Gasteiger partial charge in [0.15, 0.2) is 0 Å². The second kappa shape index (κ2) is 8.66. The van der Waals surface area contributed by atoms with Crippen molar-refractivity contribution in [1.29, 1.82) is 0 Å². The first kappa shape index (κ1) is 21.3. The monoisotopic (exact) mass is 436 g/mol. The van der Waals surface area contributed by atoms with Gasteiger partial charge < -0.3 is 10.6 Å². The minimum absolute atomic E-state index is 0.212. The average Bonchev–Trinajstić information content (AvgIpc) is 2.79. The molecule has 2 N–H and O–H groups in total. The highest BCUT2D eigenvalue weighted by atomic mass is 19.4. The zero-order chi connectivity index (χ0) is 22.7. The molecule has 162 valence electrons. The standard InChI is InChI=1S/C24H19F3N4O/c1-15-5-7-19(30-14-16-3-2-4-18(11-16)24(25,26)27)13-21(15)31-23(32)17-6-8-20-22(12-17)29-10-9-28-20/h2-13,30H,14H2,1H3,(H,31,32). The average molecular weight is 436 g/mol. The molecule has 4 rings (SSSR count). The normalized spacial score (nSPS) is 11.4. The highest BCUT2D eigenvalue weighted by molar-refractivity contribution is 6.06. The first-order valence-electron chi connectivity index (χ1n) is 9.82. The predicted octanol–water partition coefficient (Wildman–Crippen LogP) is 5.82. The minimum Gasteiger partial charge on any atom is -0.381 e. The summed E-state index contributed by atoms with van der Waals surface area (Å²) in [5, 5.41) is 5.99. The summed E-state index contributed by atoms with van der Waals surface area (Å²) in [6.45, 7) is 2.07. The highest BCUT2D eigenvalue weighted by Crippen LogP contribution is 2.30. The van der Waals surface area contributed by atoms with Gasteiger partial charge in [-0.05, 0) is 60.5 Å². The van der Waals surface area contributed by atoms with Gasteiger partial charge in [0.05, 0.1) is 16.6 Å². The quantitative estimate of drug-likeness (QED) is 0.414. The molecule has 32 heavy (non-hydrogen) atoms. The zero-order valence-electron chi connectivity index (χ0n) is 17.1. The van der Waals surface area contributed by atoms with Crippen LogP contribution in [0.4, 0.5) is 24.5 Å². The van der Waals surface area contributed by atoms with Crippen LogP contribution in [0.5, 0.6) is 0 Å². The number of amides is 1. The van der Waals surface area contributed by atoms with E-state index in [1.165, 1.54) is 6.07 Å². The number of rotatable bonds is 5. The topological polar surface area (TPSA) is 66.9 Å². The Morgan fingerprint density at radius 3 is 2.50 bits per heavy atom. The molecule has 1 aromatic heterocycles. The van der Waals surface area contributed by atoms with Crippen LogP contribution in [0.2, 0.25) is 0 Å². The summed E-state index contributed by atoms with van der Waals surface area (Å²) in [6.07, 6.45) is -1.23. The van der Waals surface area contributed by atoms with Crippen LogP contribution in [-0.4, -0.2) is 15.9 Å². The lowest BCUT2D eigenvalue weighted by atomic mass is 10.1. The lowest BCUT2D eigenvalue weighted by molar-refractivity contribution is -0.137. The van der Waals surface area contributed by atoms with Crippen molar-refractivity contribution >= 4 is 28.3 Å². The van der Waals surface area contributed by atoms with E-state index in [4.69, 9.17) is 0 Å². The Morgan fingerprint density at radius 2 is 1.72 bits per heavy atom. The van der Waals surface area contributed by atoms with E-state index >= 15 is 0 Å². The molecule has 1 amide bonds. The molecule has 8 heteroatoms. The van der Waals surface area contributed by atoms with Gasteiger partial charge in [-0.25, -0.2) is 0 Å². The number of benzene rings is 3. The van der Waals surface area contributed by atoms with E-state index in [1.54, 1.807) is 42.7 Å². The molecule has 0 atom stereocenters. The summed E-state index contributed by atoms with van der Waals surface area (Å²) in [7, 11) is 0. The van der Waals surface area contributed by atoms with Gasteiger partial charge in [-0.2, -0.15) is 13.2 Å². The van der Waals surface area contributed by atoms with Crippen LogP contribution >= 0.6 is 0 Å². The van der Waals surface area contributed by atoms with Crippen LogP contribution in [0.25, 0.3) is 11.0 Å². The Morgan fingerprint density at radius 1 is 0.938 bits per heavy atom. The Labute approximate surface area is 182 Å². The minimum atomic E-state index is -4.38. The molecule has 5 nitrogen and oxygen atoms in total. The third-order valence-electron chi connectivity index (χ3n) is 4.97. The van der Waals surface area contributed by atoms with Crippen LogP contribution in [-0.2, 0) is 12.7 Å². The first-order chi connectivity index (χ1) is 15.3. The molecule has 0 fully saturated rings. The van der Waals surface area contributed by atoms with E-state index in [2.05, 4.69) is 20.6 Å². The number of nitrogens with one attached hydrogen (secondary N) is 2. The Kier molecular flexibility index (Phi) is 5.77. The lowest BCUT2D eigenvalue weighted by Gasteiger charge is -2.13. The van der Waals surface area contributed by atoms with Gasteiger partial charge in [0, 0.05) is 35.9 Å². The van der Waals surface area contributed by atoms with Crippen molar-refractivity contribution in [1.82, 2.24) is 9.97 Å². The van der Waals surface area contributed by atoms with Crippen LogP contribution in [0.3, 0.4) is 0 Å². The Balaban J connectivity index is 1.48. The summed E-state index contributed by atoms with van der Waals surface area (Å²) >= 11 is 0. The molecule has 0 spiro atoms. The molecule has 3 aromatic carbocycles. The molecular weight excluding hydrogens is 417 g/mol. The number of aromatic nitrogens is 2. The van der Waals surface area contributed by atoms with Gasteiger partial charge in [0.1, 0.15) is 0 Å². The predicted molar refractivity (Wildman–Crippen MR) is 117 cm³/mol. The van der Waals surface area contributed by atoms with Gasteiger partial charge in [-0.3, -0.25) is 14.8 Å². The van der Waals surface area contributed by atoms with Crippen molar-refractivity contribution in [2.24, 2.45) is 0 Å². The van der Waals surface area contributed by atoms with Crippen molar-refractivity contribution in [3.8, 4) is 0 Å². The third kappa shape index (κ3) is 4.85. The SMILES string of the molecule is Cc1ccc(NCc2cccc(C(F)(F)F)c2)cc1NC(=O)c1ccc2nccnc2c1. The van der Waals surface area contributed by atoms with E-state index in [0.29, 0.717) is 33.5 Å². The number of hydrogen-bond acceptors (Lipinski definition) is 4. The number of fused-ring (bicyclic) bond motifs is 1. The van der Waals surface area contributed by atoms with Crippen molar-refractivity contribution < 1.29 is 18.0 Å². The number of nitrogens with zero attached hydrogens (tertiary/aromatic N) is 2. The molecule has 4 aromatic rings. The van der Waals surface area contributed by atoms with E-state index in [1.807, 2.05) is 19.1 Å². The third-order valence-corrected chi connectivity index (χ3v) is 4.97. The van der Waals surface area contributed by atoms with Gasteiger partial charge in [0.2, 0.25) is 0 Å². The number of halogens is 3. The van der Waals surface area contributed by atoms with Crippen LogP contribution in [0.1, 0.15) is 27.0 Å². The van der Waals surface area contributed by atoms with Crippen LogP contribution < -0.4 is 10.6 Å². The highest BCUT2D eigenvalue weighted by Gasteiger charge is 2.30. The van der Waals surface area contributed by atoms with E-state index in [9.17, 15) is 18.0 Å². The second-order valence-corrected chi connectivity index (χ2v) is 7.30. The van der Waals surface area contributed by atoms with Gasteiger partial charge in [-0.15, -0.1) is 0 Å². The molecular formula is C24H19F3N4O. The van der Waals surface area contributed by atoms with Crippen molar-refractivity contribution in [2.45, 2.75) is 19.6 Å². The van der Waals surface area contributed by atoms with E-state index < -0.39 is 11.7 Å². The molecule has 0 bridgehead atoms. The number of carbonyl (C=O) groups excluding carboxylic acids is 1. The summed E-state index contributed by atoms with van der Waals surface area (Å²) in [6, 6.07) is 15.6. The summed E-state index contributed by atoms with van der Waals surface area (Å²) < 4.78 is 38.7. The van der Waals surface area contributed by atoms with Crippen LogP contribution in [0, 0.1) is 6.92 Å². The molecule has 1 heterocycles. The Hall–Kier alpha value is -3.94. The zero-order valence-corrected chi connectivity index (χ0v) is 17.1. The van der Waals surface area contributed by atoms with Gasteiger partial charge in [0.25, 0.3) is 5.91 Å². The maximum absolute atomic E-state index is 12.9. The number of carbonyl (C=O) groups is 1. The summed E-state index contributed by atoms with van der Waals surface area (Å²) in [5.41, 5.74) is 3.70. The molecule has 0 saturated heterocycles. The van der Waals surface area contributed by atoms with Crippen molar-refractivity contribution in [2.75, 3.05) is 10.6 Å².